The predicted molar refractivity (Wildman–Crippen MR) is 183 cm³/mol. The van der Waals surface area contributed by atoms with Gasteiger partial charge in [0.1, 0.15) is 0 Å². The molecule has 0 aliphatic rings. The molecule has 10 nitrogen and oxygen atoms in total. The van der Waals surface area contributed by atoms with Gasteiger partial charge in [0.2, 0.25) is 15.9 Å². The van der Waals surface area contributed by atoms with E-state index in [9.17, 15) is 33.0 Å². The molecule has 3 rings (SSSR count). The van der Waals surface area contributed by atoms with Gasteiger partial charge >= 0.3 is 5.97 Å². The molecule has 0 saturated carbocycles. The van der Waals surface area contributed by atoms with Gasteiger partial charge in [-0.15, -0.1) is 0 Å². The quantitative estimate of drug-likeness (QED) is 0.147. The summed E-state index contributed by atoms with van der Waals surface area (Å²) in [5.41, 5.74) is 4.90. The Bertz CT molecular complexity index is 1610. The Labute approximate surface area is 278 Å². The van der Waals surface area contributed by atoms with E-state index in [4.69, 9.17) is 4.74 Å². The minimum atomic E-state index is -3.78. The molecule has 47 heavy (non-hydrogen) atoms. The number of aliphatic carboxylic acids is 1. The van der Waals surface area contributed by atoms with Crippen LogP contribution in [0.25, 0.3) is 10.8 Å². The molecule has 3 aromatic rings. The van der Waals surface area contributed by atoms with Crippen molar-refractivity contribution in [3.05, 3.63) is 82.9 Å². The first-order valence-corrected chi connectivity index (χ1v) is 18.1. The largest absolute Gasteiger partial charge is 0.479 e. The molecule has 0 aromatic heterocycles. The van der Waals surface area contributed by atoms with E-state index in [1.807, 2.05) is 16.9 Å². The van der Waals surface area contributed by atoms with Crippen molar-refractivity contribution in [2.24, 2.45) is 0 Å². The van der Waals surface area contributed by atoms with E-state index in [1.54, 1.807) is 0 Å². The first-order chi connectivity index (χ1) is 22.3. The Morgan fingerprint density at radius 3 is 2.11 bits per heavy atom. The average Bonchev–Trinajstić information content (AvgIpc) is 3.02. The number of hydrogen-bond acceptors (Lipinski definition) is 7. The van der Waals surface area contributed by atoms with Crippen molar-refractivity contribution >= 4 is 38.6 Å². The molecule has 0 spiro atoms. The third-order valence-electron chi connectivity index (χ3n) is 8.19. The summed E-state index contributed by atoms with van der Waals surface area (Å²) in [6.45, 7) is 4.24. The van der Waals surface area contributed by atoms with Gasteiger partial charge in [-0.3, -0.25) is 14.3 Å². The minimum absolute atomic E-state index is 0.0713. The Hall–Kier alpha value is -3.80. The number of carbonyl (C=O) groups is 3. The second-order valence-electron chi connectivity index (χ2n) is 12.2. The molecular weight excluding hydrogens is 620 g/mol. The number of carbonyl (C=O) groups excluding carboxylic acids is 2. The lowest BCUT2D eigenvalue weighted by atomic mass is 10.0. The second-order valence-corrected chi connectivity index (χ2v) is 13.9. The highest BCUT2D eigenvalue weighted by Crippen LogP contribution is 2.18. The van der Waals surface area contributed by atoms with Gasteiger partial charge in [0.25, 0.3) is 5.91 Å². The third-order valence-corrected chi connectivity index (χ3v) is 8.79. The molecule has 0 fully saturated rings. The van der Waals surface area contributed by atoms with Crippen LogP contribution in [-0.2, 0) is 42.0 Å². The fourth-order valence-electron chi connectivity index (χ4n) is 5.41. The Morgan fingerprint density at radius 1 is 0.809 bits per heavy atom. The SMILES string of the molecule is Cc1ccc(CCCCCO[C@@H](C(=O)N(CCCCCc2ccc3ccccc3c2)CCC(=O)NS(C)(=O)=O)[C@@H](O)C(=O)O)cc1C. The fourth-order valence-corrected chi connectivity index (χ4v) is 5.93. The lowest BCUT2D eigenvalue weighted by molar-refractivity contribution is -0.167. The van der Waals surface area contributed by atoms with Crippen LogP contribution in [0.1, 0.15) is 67.2 Å². The number of ether oxygens (including phenoxy) is 1. The summed E-state index contributed by atoms with van der Waals surface area (Å²) in [5.74, 6) is -3.14. The summed E-state index contributed by atoms with van der Waals surface area (Å²) in [5, 5.41) is 22.3. The zero-order chi connectivity index (χ0) is 34.4. The smallest absolute Gasteiger partial charge is 0.335 e. The van der Waals surface area contributed by atoms with Gasteiger partial charge in [0.15, 0.2) is 12.2 Å². The van der Waals surface area contributed by atoms with Crippen LogP contribution in [0.2, 0.25) is 0 Å². The van der Waals surface area contributed by atoms with Crippen LogP contribution < -0.4 is 4.72 Å². The zero-order valence-corrected chi connectivity index (χ0v) is 28.4. The first kappa shape index (κ1) is 37.7. The van der Waals surface area contributed by atoms with E-state index in [-0.39, 0.29) is 26.1 Å². The van der Waals surface area contributed by atoms with Gasteiger partial charge in [0.05, 0.1) is 6.26 Å². The maximum Gasteiger partial charge on any atom is 0.335 e. The van der Waals surface area contributed by atoms with E-state index in [0.29, 0.717) is 12.8 Å². The molecule has 2 atom stereocenters. The minimum Gasteiger partial charge on any atom is -0.479 e. The third kappa shape index (κ3) is 13.1. The number of amides is 2. The molecule has 11 heteroatoms. The molecule has 0 bridgehead atoms. The van der Waals surface area contributed by atoms with E-state index in [1.165, 1.54) is 37.9 Å². The number of sulfonamides is 1. The lowest BCUT2D eigenvalue weighted by Gasteiger charge is -2.28. The second kappa shape index (κ2) is 18.5. The molecule has 256 valence electrons. The zero-order valence-electron chi connectivity index (χ0n) is 27.6. The Kier molecular flexibility index (Phi) is 14.8. The summed E-state index contributed by atoms with van der Waals surface area (Å²) in [7, 11) is -3.78. The number of benzene rings is 3. The number of aliphatic hydroxyl groups is 1. The number of carboxylic acid groups (broad SMARTS) is 1. The summed E-state index contributed by atoms with van der Waals surface area (Å²) in [6.07, 6.45) is 2.87. The molecule has 0 saturated heterocycles. The van der Waals surface area contributed by atoms with Crippen LogP contribution in [0.15, 0.2) is 60.7 Å². The van der Waals surface area contributed by atoms with Gasteiger partial charge < -0.3 is 19.8 Å². The van der Waals surface area contributed by atoms with E-state index < -0.39 is 40.0 Å². The van der Waals surface area contributed by atoms with Crippen molar-refractivity contribution in [2.75, 3.05) is 26.0 Å². The highest BCUT2D eigenvalue weighted by Gasteiger charge is 2.36. The number of nitrogens with zero attached hydrogens (tertiary/aromatic N) is 1. The van der Waals surface area contributed by atoms with Crippen molar-refractivity contribution in [3.63, 3.8) is 0 Å². The highest BCUT2D eigenvalue weighted by molar-refractivity contribution is 7.89. The first-order valence-electron chi connectivity index (χ1n) is 16.2. The number of hydrogen-bond donors (Lipinski definition) is 3. The standard InChI is InChI=1S/C36H48N2O8S/c1-26-16-17-28(24-27(26)2)12-7-5-11-23-46-34(33(40)36(42)43)35(41)38(22-20-32(39)37-47(3,44)45)21-10-4-6-13-29-18-19-30-14-8-9-15-31(30)25-29/h8-9,14-19,24-25,33-34,40H,4-7,10-13,20-23H2,1-3H3,(H,37,39)(H,42,43)/t33-,34-/m1/s1. The Balaban J connectivity index is 1.57. The number of nitrogens with one attached hydrogen (secondary N) is 1. The molecule has 0 radical (unpaired) electrons. The summed E-state index contributed by atoms with van der Waals surface area (Å²) >= 11 is 0. The number of aryl methyl sites for hydroxylation is 4. The van der Waals surface area contributed by atoms with Crippen LogP contribution >= 0.6 is 0 Å². The topological polar surface area (TPSA) is 150 Å². The number of rotatable bonds is 20. The van der Waals surface area contributed by atoms with Gasteiger partial charge in [-0.25, -0.2) is 13.2 Å². The van der Waals surface area contributed by atoms with Crippen molar-refractivity contribution in [1.82, 2.24) is 9.62 Å². The van der Waals surface area contributed by atoms with Crippen molar-refractivity contribution in [1.29, 1.82) is 0 Å². The summed E-state index contributed by atoms with van der Waals surface area (Å²) < 4.78 is 30.6. The Morgan fingerprint density at radius 2 is 1.45 bits per heavy atom. The molecule has 0 aliphatic heterocycles. The fraction of sp³-hybridized carbons (Fsp3) is 0.472. The van der Waals surface area contributed by atoms with Gasteiger partial charge in [0, 0.05) is 26.1 Å². The van der Waals surface area contributed by atoms with Crippen molar-refractivity contribution in [3.8, 4) is 0 Å². The molecule has 3 aromatic carbocycles. The monoisotopic (exact) mass is 668 g/mol. The maximum atomic E-state index is 13.6. The molecule has 3 N–H and O–H groups in total. The van der Waals surface area contributed by atoms with E-state index in [2.05, 4.69) is 62.4 Å². The van der Waals surface area contributed by atoms with Gasteiger partial charge in [-0.05, 0) is 85.4 Å². The summed E-state index contributed by atoms with van der Waals surface area (Å²) in [4.78, 5) is 38.8. The van der Waals surface area contributed by atoms with Gasteiger partial charge in [-0.1, -0.05) is 73.5 Å². The van der Waals surface area contributed by atoms with Crippen LogP contribution in [0.4, 0.5) is 0 Å². The maximum absolute atomic E-state index is 13.6. The van der Waals surface area contributed by atoms with Gasteiger partial charge in [-0.2, -0.15) is 0 Å². The number of carboxylic acids is 1. The van der Waals surface area contributed by atoms with Crippen LogP contribution in [-0.4, -0.2) is 79.5 Å². The molecule has 2 amide bonds. The molecule has 0 aliphatic carbocycles. The normalized spacial score (nSPS) is 12.9. The van der Waals surface area contributed by atoms with E-state index in [0.717, 1.165) is 44.8 Å². The number of fused-ring (bicyclic) bond motifs is 1. The number of aliphatic hydroxyl groups excluding tert-OH is 1. The van der Waals surface area contributed by atoms with Crippen molar-refractivity contribution in [2.45, 2.75) is 83.8 Å². The van der Waals surface area contributed by atoms with E-state index >= 15 is 0 Å². The predicted octanol–water partition coefficient (Wildman–Crippen LogP) is 4.71. The van der Waals surface area contributed by atoms with Crippen LogP contribution in [0, 0.1) is 13.8 Å². The molecule has 0 heterocycles. The lowest BCUT2D eigenvalue weighted by Crippen LogP contribution is -2.50. The molecule has 0 unspecified atom stereocenters. The number of unbranched alkanes of at least 4 members (excludes halogenated alkanes) is 4. The molecular formula is C36H48N2O8S. The van der Waals surface area contributed by atoms with Crippen LogP contribution in [0.3, 0.4) is 0 Å². The summed E-state index contributed by atoms with van der Waals surface area (Å²) in [6, 6.07) is 20.8. The average molecular weight is 669 g/mol. The van der Waals surface area contributed by atoms with Crippen molar-refractivity contribution < 1.29 is 37.8 Å². The van der Waals surface area contributed by atoms with Crippen LogP contribution in [0.5, 0.6) is 0 Å². The highest BCUT2D eigenvalue weighted by atomic mass is 32.2.